The summed E-state index contributed by atoms with van der Waals surface area (Å²) in [5.74, 6) is -1.38. The lowest BCUT2D eigenvalue weighted by molar-refractivity contribution is -0.138. The Labute approximate surface area is 227 Å². The van der Waals surface area contributed by atoms with Crippen molar-refractivity contribution in [2.75, 3.05) is 86.0 Å². The number of methoxy groups -OCH3 is 1. The molecular weight excluding hydrogens is 512 g/mol. The molecule has 2 aromatic rings. The van der Waals surface area contributed by atoms with Gasteiger partial charge >= 0.3 is 0 Å². The molecule has 0 spiro atoms. The summed E-state index contributed by atoms with van der Waals surface area (Å²) in [5.41, 5.74) is -0.427. The van der Waals surface area contributed by atoms with Gasteiger partial charge in [-0.1, -0.05) is 12.1 Å². The largest absolute Gasteiger partial charge is 0.492 e. The first-order valence-corrected chi connectivity index (χ1v) is 13.1. The first-order valence-electron chi connectivity index (χ1n) is 13.1. The second-order valence-corrected chi connectivity index (χ2v) is 9.99. The first-order chi connectivity index (χ1) is 18.8. The minimum absolute atomic E-state index is 0.0191. The normalized spacial score (nSPS) is 21.0. The standard InChI is InChI=1S/C28H37F2N3O6/c1-36-18-27(34)33-9-8-32(19-28(35,20-33)21-39-24-6-7-25(29)26(30)16-24)17-22-2-4-23(5-3-22)38-15-12-31-10-13-37-14-11-31/h2-7,16,35H,8-15,17-21H2,1H3. The van der Waals surface area contributed by atoms with Gasteiger partial charge < -0.3 is 29.0 Å². The molecule has 2 aliphatic rings. The molecule has 2 heterocycles. The highest BCUT2D eigenvalue weighted by Crippen LogP contribution is 2.22. The van der Waals surface area contributed by atoms with E-state index in [9.17, 15) is 18.7 Å². The highest BCUT2D eigenvalue weighted by Gasteiger charge is 2.37. The van der Waals surface area contributed by atoms with Crippen molar-refractivity contribution in [1.29, 1.82) is 0 Å². The van der Waals surface area contributed by atoms with Crippen molar-refractivity contribution in [2.24, 2.45) is 0 Å². The summed E-state index contributed by atoms with van der Waals surface area (Å²) in [6.45, 7) is 6.20. The number of benzene rings is 2. The zero-order valence-corrected chi connectivity index (χ0v) is 22.3. The Balaban J connectivity index is 1.36. The molecule has 2 fully saturated rings. The molecule has 0 bridgehead atoms. The summed E-state index contributed by atoms with van der Waals surface area (Å²) in [6.07, 6.45) is 0. The van der Waals surface area contributed by atoms with E-state index in [1.807, 2.05) is 29.2 Å². The van der Waals surface area contributed by atoms with Gasteiger partial charge in [0.15, 0.2) is 11.6 Å². The van der Waals surface area contributed by atoms with Crippen LogP contribution < -0.4 is 9.47 Å². The SMILES string of the molecule is COCC(=O)N1CCN(Cc2ccc(OCCN3CCOCC3)cc2)CC(O)(COc2ccc(F)c(F)c2)C1. The van der Waals surface area contributed by atoms with Gasteiger partial charge in [0.2, 0.25) is 5.91 Å². The molecule has 2 saturated heterocycles. The number of nitrogens with zero attached hydrogens (tertiary/aromatic N) is 3. The zero-order chi connectivity index (χ0) is 27.7. The fraction of sp³-hybridized carbons (Fsp3) is 0.536. The van der Waals surface area contributed by atoms with Crippen LogP contribution in [0, 0.1) is 11.6 Å². The molecule has 0 aliphatic carbocycles. The number of carbonyl (C=O) groups is 1. The number of β-amino-alcohol motifs (C(OH)–C–C–N with tert-alkyl or cyclic N) is 1. The molecule has 1 amide bonds. The highest BCUT2D eigenvalue weighted by atomic mass is 19.2. The number of aliphatic hydroxyl groups is 1. The van der Waals surface area contributed by atoms with E-state index in [0.29, 0.717) is 26.2 Å². The Kier molecular flexibility index (Phi) is 10.5. The number of hydrogen-bond donors (Lipinski definition) is 1. The van der Waals surface area contributed by atoms with Crippen molar-refractivity contribution in [1.82, 2.24) is 14.7 Å². The lowest BCUT2D eigenvalue weighted by atomic mass is 10.0. The smallest absolute Gasteiger partial charge is 0.248 e. The number of ether oxygens (including phenoxy) is 4. The Morgan fingerprint density at radius 2 is 1.69 bits per heavy atom. The average Bonchev–Trinajstić information content (AvgIpc) is 3.10. The molecule has 0 saturated carbocycles. The fourth-order valence-corrected chi connectivity index (χ4v) is 4.75. The van der Waals surface area contributed by atoms with Crippen LogP contribution >= 0.6 is 0 Å². The molecule has 4 rings (SSSR count). The number of morpholine rings is 1. The molecular formula is C28H37F2N3O6. The van der Waals surface area contributed by atoms with E-state index in [4.69, 9.17) is 18.9 Å². The molecule has 214 valence electrons. The van der Waals surface area contributed by atoms with Gasteiger partial charge in [-0.05, 0) is 29.8 Å². The van der Waals surface area contributed by atoms with Crippen LogP contribution in [0.5, 0.6) is 11.5 Å². The topological polar surface area (TPSA) is 83.9 Å². The number of carbonyl (C=O) groups excluding carboxylic acids is 1. The van der Waals surface area contributed by atoms with E-state index in [0.717, 1.165) is 56.3 Å². The molecule has 11 heteroatoms. The van der Waals surface area contributed by atoms with Crippen molar-refractivity contribution in [2.45, 2.75) is 12.1 Å². The number of hydrogen-bond acceptors (Lipinski definition) is 8. The van der Waals surface area contributed by atoms with Gasteiger partial charge in [0, 0.05) is 59.0 Å². The van der Waals surface area contributed by atoms with Crippen molar-refractivity contribution in [3.63, 3.8) is 0 Å². The molecule has 2 aromatic carbocycles. The Morgan fingerprint density at radius 3 is 2.41 bits per heavy atom. The lowest BCUT2D eigenvalue weighted by Gasteiger charge is -2.33. The number of halogens is 2. The highest BCUT2D eigenvalue weighted by molar-refractivity contribution is 5.77. The van der Waals surface area contributed by atoms with Gasteiger partial charge in [0.1, 0.15) is 36.9 Å². The minimum atomic E-state index is -1.45. The molecule has 1 unspecified atom stereocenters. The quantitative estimate of drug-likeness (QED) is 0.454. The fourth-order valence-electron chi connectivity index (χ4n) is 4.75. The molecule has 0 aromatic heterocycles. The van der Waals surface area contributed by atoms with Crippen LogP contribution in [0.4, 0.5) is 8.78 Å². The third-order valence-electron chi connectivity index (χ3n) is 6.82. The molecule has 2 aliphatic heterocycles. The second-order valence-electron chi connectivity index (χ2n) is 9.99. The average molecular weight is 550 g/mol. The minimum Gasteiger partial charge on any atom is -0.492 e. The van der Waals surface area contributed by atoms with Crippen molar-refractivity contribution >= 4 is 5.91 Å². The summed E-state index contributed by atoms with van der Waals surface area (Å²) in [7, 11) is 1.44. The summed E-state index contributed by atoms with van der Waals surface area (Å²) < 4.78 is 48.9. The maximum Gasteiger partial charge on any atom is 0.248 e. The van der Waals surface area contributed by atoms with E-state index < -0.39 is 17.2 Å². The Hall–Kier alpha value is -2.83. The second kappa shape index (κ2) is 14.0. The predicted molar refractivity (Wildman–Crippen MR) is 140 cm³/mol. The summed E-state index contributed by atoms with van der Waals surface area (Å²) in [6, 6.07) is 11.0. The van der Waals surface area contributed by atoms with Crippen LogP contribution in [-0.2, 0) is 20.8 Å². The number of rotatable bonds is 11. The monoisotopic (exact) mass is 549 g/mol. The predicted octanol–water partition coefficient (Wildman–Crippen LogP) is 1.78. The molecule has 0 radical (unpaired) electrons. The van der Waals surface area contributed by atoms with Gasteiger partial charge in [-0.3, -0.25) is 14.6 Å². The summed E-state index contributed by atoms with van der Waals surface area (Å²) in [4.78, 5) is 18.5. The van der Waals surface area contributed by atoms with Crippen LogP contribution in [0.1, 0.15) is 5.56 Å². The van der Waals surface area contributed by atoms with Crippen molar-refractivity contribution in [3.05, 3.63) is 59.7 Å². The van der Waals surface area contributed by atoms with E-state index in [2.05, 4.69) is 4.90 Å². The van der Waals surface area contributed by atoms with Crippen LogP contribution in [0.2, 0.25) is 0 Å². The van der Waals surface area contributed by atoms with E-state index in [1.165, 1.54) is 13.2 Å². The third-order valence-corrected chi connectivity index (χ3v) is 6.82. The maximum atomic E-state index is 13.6. The number of amides is 1. The Morgan fingerprint density at radius 1 is 0.949 bits per heavy atom. The summed E-state index contributed by atoms with van der Waals surface area (Å²) in [5, 5.41) is 11.5. The van der Waals surface area contributed by atoms with E-state index >= 15 is 0 Å². The molecule has 39 heavy (non-hydrogen) atoms. The van der Waals surface area contributed by atoms with E-state index in [-0.39, 0.29) is 38.0 Å². The molecule has 1 N–H and O–H groups in total. The lowest BCUT2D eigenvalue weighted by Crippen LogP contribution is -2.52. The van der Waals surface area contributed by atoms with Crippen molar-refractivity contribution < 1.29 is 37.6 Å². The van der Waals surface area contributed by atoms with Gasteiger partial charge in [0.05, 0.1) is 19.8 Å². The van der Waals surface area contributed by atoms with Crippen LogP contribution in [0.25, 0.3) is 0 Å². The molecule has 1 atom stereocenters. The van der Waals surface area contributed by atoms with E-state index in [1.54, 1.807) is 4.90 Å². The van der Waals surface area contributed by atoms with Gasteiger partial charge in [-0.15, -0.1) is 0 Å². The van der Waals surface area contributed by atoms with Crippen LogP contribution in [0.3, 0.4) is 0 Å². The third kappa shape index (κ3) is 8.84. The zero-order valence-electron chi connectivity index (χ0n) is 22.3. The van der Waals surface area contributed by atoms with Gasteiger partial charge in [0.25, 0.3) is 0 Å². The molecule has 9 nitrogen and oxygen atoms in total. The van der Waals surface area contributed by atoms with Gasteiger partial charge in [-0.2, -0.15) is 0 Å². The summed E-state index contributed by atoms with van der Waals surface area (Å²) >= 11 is 0. The van der Waals surface area contributed by atoms with Crippen LogP contribution in [-0.4, -0.2) is 117 Å². The Bertz CT molecular complexity index is 1070. The van der Waals surface area contributed by atoms with Gasteiger partial charge in [-0.25, -0.2) is 8.78 Å². The van der Waals surface area contributed by atoms with Crippen LogP contribution in [0.15, 0.2) is 42.5 Å². The maximum absolute atomic E-state index is 13.6. The van der Waals surface area contributed by atoms with Crippen molar-refractivity contribution in [3.8, 4) is 11.5 Å². The first kappa shape index (κ1) is 29.2.